The third kappa shape index (κ3) is 3.82. The Morgan fingerprint density at radius 3 is 2.28 bits per heavy atom. The molecule has 138 valence electrons. The molecule has 0 spiro atoms. The first-order valence-electron chi connectivity index (χ1n) is 9.15. The summed E-state index contributed by atoms with van der Waals surface area (Å²) in [5.41, 5.74) is 5.83. The highest BCUT2D eigenvalue weighted by Crippen LogP contribution is 2.38. The number of carbonyl (C=O) groups excluding carboxylic acids is 1. The largest absolute Gasteiger partial charge is 0.332 e. The molecular weight excluding hydrogens is 338 g/mol. The zero-order chi connectivity index (χ0) is 18.0. The first kappa shape index (κ1) is 18.2. The van der Waals surface area contributed by atoms with Crippen molar-refractivity contribution in [1.82, 2.24) is 10.0 Å². The molecule has 2 aliphatic carbocycles. The number of carbonyl (C=O) groups is 1. The molecule has 3 N–H and O–H groups in total. The summed E-state index contributed by atoms with van der Waals surface area (Å²) in [7, 11) is -3.75. The van der Waals surface area contributed by atoms with Crippen LogP contribution in [-0.2, 0) is 35.7 Å². The molecule has 1 aromatic rings. The normalized spacial score (nSPS) is 17.0. The molecule has 7 heteroatoms. The summed E-state index contributed by atoms with van der Waals surface area (Å²) >= 11 is 0. The molecule has 0 radical (unpaired) electrons. The number of urea groups is 1. The van der Waals surface area contributed by atoms with E-state index in [2.05, 4.69) is 21.4 Å². The smallest absolute Gasteiger partial charge is 0.307 e. The van der Waals surface area contributed by atoms with Crippen molar-refractivity contribution in [3.05, 3.63) is 28.3 Å². The second-order valence-electron chi connectivity index (χ2n) is 6.93. The Morgan fingerprint density at radius 1 is 1.12 bits per heavy atom. The minimum Gasteiger partial charge on any atom is -0.307 e. The summed E-state index contributed by atoms with van der Waals surface area (Å²) in [5, 5.41) is 4.93. The van der Waals surface area contributed by atoms with Crippen LogP contribution in [0.1, 0.15) is 55.4 Å². The number of hydrogen-bond donors (Lipinski definition) is 3. The average Bonchev–Trinajstić information content (AvgIpc) is 3.20. The number of rotatable bonds is 6. The van der Waals surface area contributed by atoms with E-state index in [1.165, 1.54) is 22.3 Å². The standard InChI is InChI=1S/C18H27N3O3S/c1-3-10-19-12(2)25(23,24)21-18(22)20-17-15-8-4-6-13(15)11-14-7-5-9-16(14)17/h11-12,19H,3-10H2,1-2H3,(H2,20,21,22). The number of anilines is 1. The number of amides is 2. The van der Waals surface area contributed by atoms with Crippen molar-refractivity contribution in [2.24, 2.45) is 0 Å². The van der Waals surface area contributed by atoms with E-state index in [1.54, 1.807) is 6.92 Å². The Balaban J connectivity index is 1.76. The second kappa shape index (κ2) is 7.33. The van der Waals surface area contributed by atoms with Crippen LogP contribution in [0.5, 0.6) is 0 Å². The number of benzene rings is 1. The highest BCUT2D eigenvalue weighted by atomic mass is 32.2. The van der Waals surface area contributed by atoms with Gasteiger partial charge in [-0.05, 0) is 80.7 Å². The van der Waals surface area contributed by atoms with Gasteiger partial charge >= 0.3 is 6.03 Å². The van der Waals surface area contributed by atoms with Crippen molar-refractivity contribution in [1.29, 1.82) is 0 Å². The van der Waals surface area contributed by atoms with Crippen molar-refractivity contribution in [3.63, 3.8) is 0 Å². The van der Waals surface area contributed by atoms with Crippen LogP contribution in [0.4, 0.5) is 10.5 Å². The average molecular weight is 365 g/mol. The summed E-state index contributed by atoms with van der Waals surface area (Å²) in [6, 6.07) is 1.61. The summed E-state index contributed by atoms with van der Waals surface area (Å²) in [5.74, 6) is 0. The van der Waals surface area contributed by atoms with Gasteiger partial charge in [-0.3, -0.25) is 5.32 Å². The lowest BCUT2D eigenvalue weighted by molar-refractivity contribution is 0.256. The second-order valence-corrected chi connectivity index (χ2v) is 8.93. The molecule has 0 aliphatic heterocycles. The molecule has 0 bridgehead atoms. The maximum absolute atomic E-state index is 12.4. The van der Waals surface area contributed by atoms with E-state index < -0.39 is 21.4 Å². The molecular formula is C18H27N3O3S. The van der Waals surface area contributed by atoms with Gasteiger partial charge in [-0.15, -0.1) is 0 Å². The van der Waals surface area contributed by atoms with Crippen LogP contribution >= 0.6 is 0 Å². The van der Waals surface area contributed by atoms with Gasteiger partial charge in [0.15, 0.2) is 0 Å². The molecule has 1 atom stereocenters. The molecule has 1 unspecified atom stereocenters. The van der Waals surface area contributed by atoms with Gasteiger partial charge in [0.05, 0.1) is 0 Å². The maximum atomic E-state index is 12.4. The van der Waals surface area contributed by atoms with Crippen LogP contribution in [0, 0.1) is 0 Å². The first-order chi connectivity index (χ1) is 11.9. The zero-order valence-electron chi connectivity index (χ0n) is 14.9. The molecule has 0 heterocycles. The van der Waals surface area contributed by atoms with E-state index in [4.69, 9.17) is 0 Å². The first-order valence-corrected chi connectivity index (χ1v) is 10.7. The summed E-state index contributed by atoms with van der Waals surface area (Å²) in [4.78, 5) is 12.4. The SMILES string of the molecule is CCCNC(C)S(=O)(=O)NC(=O)Nc1c2c(cc3c1CCC3)CCC2. The molecule has 0 fully saturated rings. The monoisotopic (exact) mass is 365 g/mol. The van der Waals surface area contributed by atoms with Gasteiger partial charge in [-0.25, -0.2) is 17.9 Å². The Labute approximate surface area is 149 Å². The van der Waals surface area contributed by atoms with Crippen LogP contribution in [0.3, 0.4) is 0 Å². The minimum atomic E-state index is -3.75. The van der Waals surface area contributed by atoms with Gasteiger partial charge in [0.2, 0.25) is 0 Å². The molecule has 0 saturated heterocycles. The van der Waals surface area contributed by atoms with Crippen LogP contribution < -0.4 is 15.4 Å². The van der Waals surface area contributed by atoms with Crippen LogP contribution in [0.2, 0.25) is 0 Å². The van der Waals surface area contributed by atoms with Gasteiger partial charge in [-0.2, -0.15) is 0 Å². The van der Waals surface area contributed by atoms with Gasteiger partial charge in [0.25, 0.3) is 10.0 Å². The van der Waals surface area contributed by atoms with Gasteiger partial charge in [0, 0.05) is 5.69 Å². The number of nitrogens with one attached hydrogen (secondary N) is 3. The Morgan fingerprint density at radius 2 is 1.72 bits per heavy atom. The molecule has 0 saturated carbocycles. The van der Waals surface area contributed by atoms with E-state index in [9.17, 15) is 13.2 Å². The van der Waals surface area contributed by atoms with Crippen molar-refractivity contribution in [2.75, 3.05) is 11.9 Å². The fourth-order valence-corrected chi connectivity index (χ4v) is 4.60. The van der Waals surface area contributed by atoms with Crippen LogP contribution in [0.25, 0.3) is 0 Å². The van der Waals surface area contributed by atoms with Crippen molar-refractivity contribution >= 4 is 21.7 Å². The summed E-state index contributed by atoms with van der Waals surface area (Å²) in [6.45, 7) is 4.09. The van der Waals surface area contributed by atoms with Gasteiger partial charge in [0.1, 0.15) is 5.37 Å². The Hall–Kier alpha value is -1.60. The molecule has 25 heavy (non-hydrogen) atoms. The third-order valence-electron chi connectivity index (χ3n) is 5.09. The zero-order valence-corrected chi connectivity index (χ0v) is 15.8. The highest BCUT2D eigenvalue weighted by Gasteiger charge is 2.27. The fraction of sp³-hybridized carbons (Fsp3) is 0.611. The number of sulfonamides is 1. The molecule has 2 aliphatic rings. The summed E-state index contributed by atoms with van der Waals surface area (Å²) in [6.07, 6.45) is 6.97. The van der Waals surface area contributed by atoms with E-state index in [-0.39, 0.29) is 0 Å². The predicted molar refractivity (Wildman–Crippen MR) is 99.3 cm³/mol. The third-order valence-corrected chi connectivity index (χ3v) is 6.66. The quantitative estimate of drug-likeness (QED) is 0.723. The Kier molecular flexibility index (Phi) is 5.34. The molecule has 6 nitrogen and oxygen atoms in total. The van der Waals surface area contributed by atoms with E-state index >= 15 is 0 Å². The summed E-state index contributed by atoms with van der Waals surface area (Å²) < 4.78 is 26.7. The maximum Gasteiger partial charge on any atom is 0.332 e. The molecule has 1 aromatic carbocycles. The van der Waals surface area contributed by atoms with Crippen molar-refractivity contribution < 1.29 is 13.2 Å². The molecule has 0 aromatic heterocycles. The lowest BCUT2D eigenvalue weighted by atomic mass is 9.99. The number of hydrogen-bond acceptors (Lipinski definition) is 4. The lowest BCUT2D eigenvalue weighted by Gasteiger charge is -2.18. The van der Waals surface area contributed by atoms with Gasteiger partial charge < -0.3 is 5.32 Å². The number of fused-ring (bicyclic) bond motifs is 2. The van der Waals surface area contributed by atoms with Crippen molar-refractivity contribution in [3.8, 4) is 0 Å². The fourth-order valence-electron chi connectivity index (χ4n) is 3.78. The van der Waals surface area contributed by atoms with Crippen LogP contribution in [0.15, 0.2) is 6.07 Å². The molecule has 3 rings (SSSR count). The van der Waals surface area contributed by atoms with Crippen LogP contribution in [-0.4, -0.2) is 26.4 Å². The topological polar surface area (TPSA) is 87.3 Å². The van der Waals surface area contributed by atoms with E-state index in [0.717, 1.165) is 50.6 Å². The predicted octanol–water partition coefficient (Wildman–Crippen LogP) is 2.46. The van der Waals surface area contributed by atoms with E-state index in [0.29, 0.717) is 6.54 Å². The lowest BCUT2D eigenvalue weighted by Crippen LogP contribution is -2.45. The van der Waals surface area contributed by atoms with E-state index in [1.807, 2.05) is 6.92 Å². The molecule has 2 amide bonds. The number of aryl methyl sites for hydroxylation is 2. The van der Waals surface area contributed by atoms with Gasteiger partial charge in [-0.1, -0.05) is 13.0 Å². The highest BCUT2D eigenvalue weighted by molar-refractivity contribution is 7.90. The Bertz CT molecular complexity index is 742. The van der Waals surface area contributed by atoms with Crippen molar-refractivity contribution in [2.45, 2.75) is 64.2 Å². The minimum absolute atomic E-state index is 0.587.